The molecule has 0 radical (unpaired) electrons. The van der Waals surface area contributed by atoms with Gasteiger partial charge >= 0.3 is 0 Å². The highest BCUT2D eigenvalue weighted by Crippen LogP contribution is 2.27. The molecule has 132 valence electrons. The summed E-state index contributed by atoms with van der Waals surface area (Å²) in [7, 11) is 1.86. The highest BCUT2D eigenvalue weighted by Gasteiger charge is 2.22. The molecule has 5 nitrogen and oxygen atoms in total. The first kappa shape index (κ1) is 16.4. The third-order valence-electron chi connectivity index (χ3n) is 4.94. The number of thiazole rings is 1. The van der Waals surface area contributed by atoms with Crippen LogP contribution in [0, 0.1) is 0 Å². The van der Waals surface area contributed by atoms with Crippen molar-refractivity contribution in [2.45, 2.75) is 25.7 Å². The van der Waals surface area contributed by atoms with Gasteiger partial charge in [-0.05, 0) is 30.9 Å². The van der Waals surface area contributed by atoms with Gasteiger partial charge in [-0.3, -0.25) is 4.99 Å². The van der Waals surface area contributed by atoms with Crippen molar-refractivity contribution >= 4 is 28.1 Å². The molecule has 1 saturated heterocycles. The molecule has 1 fully saturated rings. The Hall–Kier alpha value is -2.08. The van der Waals surface area contributed by atoms with Gasteiger partial charge in [-0.15, -0.1) is 11.3 Å². The molecule has 25 heavy (non-hydrogen) atoms. The summed E-state index contributed by atoms with van der Waals surface area (Å²) in [6.45, 7) is 4.17. The van der Waals surface area contributed by atoms with Crippen LogP contribution in [0.25, 0.3) is 0 Å². The number of fused-ring (bicyclic) bond motifs is 1. The molecule has 4 rings (SSSR count). The van der Waals surface area contributed by atoms with Crippen LogP contribution in [0.5, 0.6) is 0 Å². The molecule has 0 spiro atoms. The van der Waals surface area contributed by atoms with Crippen LogP contribution >= 0.6 is 11.3 Å². The molecule has 2 aliphatic heterocycles. The Bertz CT molecular complexity index is 748. The van der Waals surface area contributed by atoms with E-state index in [-0.39, 0.29) is 0 Å². The van der Waals surface area contributed by atoms with E-state index in [1.165, 1.54) is 34.9 Å². The molecular formula is C19H25N5S. The van der Waals surface area contributed by atoms with Crippen molar-refractivity contribution in [1.29, 1.82) is 0 Å². The van der Waals surface area contributed by atoms with Gasteiger partial charge < -0.3 is 15.1 Å². The second kappa shape index (κ2) is 7.44. The summed E-state index contributed by atoms with van der Waals surface area (Å²) in [6.07, 6.45) is 4.61. The molecule has 6 heteroatoms. The maximum atomic E-state index is 4.80. The third-order valence-corrected chi connectivity index (χ3v) is 5.89. The lowest BCUT2D eigenvalue weighted by molar-refractivity contribution is 0.820. The van der Waals surface area contributed by atoms with Gasteiger partial charge in [-0.2, -0.15) is 0 Å². The fourth-order valence-electron chi connectivity index (χ4n) is 3.62. The standard InChI is InChI=1S/C19H25N5S/c1-20-18(24-13-9-15-6-2-3-7-17(15)24)21-10-8-16-14-25-19(22-16)23-11-4-5-12-23/h2-3,6-7,14H,4-5,8-13H2,1H3,(H,20,21). The van der Waals surface area contributed by atoms with E-state index < -0.39 is 0 Å². The average molecular weight is 356 g/mol. The van der Waals surface area contributed by atoms with E-state index in [1.54, 1.807) is 11.3 Å². The normalized spacial score (nSPS) is 17.2. The Labute approximate surface area is 153 Å². The molecule has 0 amide bonds. The maximum absolute atomic E-state index is 4.80. The number of nitrogens with zero attached hydrogens (tertiary/aromatic N) is 4. The van der Waals surface area contributed by atoms with Crippen LogP contribution in [0.2, 0.25) is 0 Å². The van der Waals surface area contributed by atoms with E-state index in [9.17, 15) is 0 Å². The van der Waals surface area contributed by atoms with Crippen LogP contribution in [0.4, 0.5) is 10.8 Å². The molecular weight excluding hydrogens is 330 g/mol. The van der Waals surface area contributed by atoms with Crippen molar-refractivity contribution in [3.05, 3.63) is 40.9 Å². The van der Waals surface area contributed by atoms with Gasteiger partial charge in [0.1, 0.15) is 0 Å². The minimum Gasteiger partial charge on any atom is -0.356 e. The largest absolute Gasteiger partial charge is 0.356 e. The van der Waals surface area contributed by atoms with Crippen molar-refractivity contribution in [2.75, 3.05) is 43.0 Å². The summed E-state index contributed by atoms with van der Waals surface area (Å²) < 4.78 is 0. The number of guanidine groups is 1. The van der Waals surface area contributed by atoms with Crippen LogP contribution in [-0.2, 0) is 12.8 Å². The first-order chi connectivity index (χ1) is 12.3. The molecule has 0 unspecified atom stereocenters. The van der Waals surface area contributed by atoms with Crippen molar-refractivity contribution in [2.24, 2.45) is 4.99 Å². The zero-order chi connectivity index (χ0) is 17.1. The third kappa shape index (κ3) is 3.49. The Balaban J connectivity index is 1.33. The summed E-state index contributed by atoms with van der Waals surface area (Å²) in [5, 5.41) is 6.89. The lowest BCUT2D eigenvalue weighted by atomic mass is 10.2. The second-order valence-corrected chi connectivity index (χ2v) is 7.41. The fourth-order valence-corrected chi connectivity index (χ4v) is 4.53. The van der Waals surface area contributed by atoms with Crippen molar-refractivity contribution in [3.63, 3.8) is 0 Å². The number of hydrogen-bond acceptors (Lipinski definition) is 4. The Morgan fingerprint density at radius 2 is 2.08 bits per heavy atom. The topological polar surface area (TPSA) is 43.8 Å². The van der Waals surface area contributed by atoms with Gasteiger partial charge in [0.25, 0.3) is 0 Å². The molecule has 2 aliphatic rings. The molecule has 0 bridgehead atoms. The van der Waals surface area contributed by atoms with Gasteiger partial charge in [0.15, 0.2) is 11.1 Å². The minimum atomic E-state index is 0.856. The van der Waals surface area contributed by atoms with Gasteiger partial charge in [0.2, 0.25) is 0 Å². The number of aliphatic imine (C=N–C) groups is 1. The number of aromatic nitrogens is 1. The molecule has 3 heterocycles. The summed E-state index contributed by atoms with van der Waals surface area (Å²) >= 11 is 1.77. The van der Waals surface area contributed by atoms with Crippen LogP contribution < -0.4 is 15.1 Å². The number of hydrogen-bond donors (Lipinski definition) is 1. The Kier molecular flexibility index (Phi) is 4.88. The lowest BCUT2D eigenvalue weighted by Crippen LogP contribution is -2.41. The monoisotopic (exact) mass is 355 g/mol. The number of nitrogens with one attached hydrogen (secondary N) is 1. The fraction of sp³-hybridized carbons (Fsp3) is 0.474. The van der Waals surface area contributed by atoms with E-state index in [4.69, 9.17) is 4.98 Å². The molecule has 0 atom stereocenters. The summed E-state index contributed by atoms with van der Waals surface area (Å²) in [5.41, 5.74) is 3.86. The van der Waals surface area contributed by atoms with E-state index in [1.807, 2.05) is 7.05 Å². The average Bonchev–Trinajstić information content (AvgIpc) is 3.38. The second-order valence-electron chi connectivity index (χ2n) is 6.57. The van der Waals surface area contributed by atoms with Crippen LogP contribution in [0.3, 0.4) is 0 Å². The summed E-state index contributed by atoms with van der Waals surface area (Å²) in [5.74, 6) is 0.958. The number of anilines is 2. The zero-order valence-electron chi connectivity index (χ0n) is 14.7. The van der Waals surface area contributed by atoms with Gasteiger partial charge in [-0.1, -0.05) is 18.2 Å². The molecule has 0 saturated carbocycles. The van der Waals surface area contributed by atoms with Crippen LogP contribution in [0.1, 0.15) is 24.1 Å². The quantitative estimate of drug-likeness (QED) is 0.676. The predicted molar refractivity (Wildman–Crippen MR) is 106 cm³/mol. The lowest BCUT2D eigenvalue weighted by Gasteiger charge is -2.22. The van der Waals surface area contributed by atoms with Gasteiger partial charge in [-0.25, -0.2) is 4.98 Å². The van der Waals surface area contributed by atoms with Crippen molar-refractivity contribution < 1.29 is 0 Å². The number of rotatable bonds is 4. The van der Waals surface area contributed by atoms with Crippen LogP contribution in [0.15, 0.2) is 34.6 Å². The van der Waals surface area contributed by atoms with Gasteiger partial charge in [0.05, 0.1) is 5.69 Å². The van der Waals surface area contributed by atoms with Crippen molar-refractivity contribution in [3.8, 4) is 0 Å². The molecule has 1 aromatic carbocycles. The summed E-state index contributed by atoms with van der Waals surface area (Å²) in [4.78, 5) is 14.0. The highest BCUT2D eigenvalue weighted by molar-refractivity contribution is 7.13. The van der Waals surface area contributed by atoms with E-state index in [2.05, 4.69) is 49.8 Å². The van der Waals surface area contributed by atoms with E-state index in [0.29, 0.717) is 0 Å². The van der Waals surface area contributed by atoms with Crippen LogP contribution in [-0.4, -0.2) is 44.2 Å². The predicted octanol–water partition coefficient (Wildman–Crippen LogP) is 2.92. The highest BCUT2D eigenvalue weighted by atomic mass is 32.1. The van der Waals surface area contributed by atoms with E-state index in [0.717, 1.165) is 45.0 Å². The van der Waals surface area contributed by atoms with Gasteiger partial charge in [0, 0.05) is 50.7 Å². The van der Waals surface area contributed by atoms with E-state index >= 15 is 0 Å². The SMILES string of the molecule is CN=C(NCCc1csc(N2CCCC2)n1)N1CCc2ccccc21. The summed E-state index contributed by atoms with van der Waals surface area (Å²) in [6, 6.07) is 8.59. The molecule has 2 aromatic rings. The smallest absolute Gasteiger partial charge is 0.198 e. The van der Waals surface area contributed by atoms with Crippen molar-refractivity contribution in [1.82, 2.24) is 10.3 Å². The number of benzene rings is 1. The first-order valence-corrected chi connectivity index (χ1v) is 9.98. The minimum absolute atomic E-state index is 0.856. The maximum Gasteiger partial charge on any atom is 0.198 e. The molecule has 0 aliphatic carbocycles. The zero-order valence-corrected chi connectivity index (χ0v) is 15.6. The Morgan fingerprint density at radius 1 is 1.24 bits per heavy atom. The molecule has 1 N–H and O–H groups in total. The molecule has 1 aromatic heterocycles. The Morgan fingerprint density at radius 3 is 2.92 bits per heavy atom. The first-order valence-electron chi connectivity index (χ1n) is 9.10. The number of para-hydroxylation sites is 1.